The van der Waals surface area contributed by atoms with Crippen LogP contribution in [0.1, 0.15) is 23.5 Å². The highest BCUT2D eigenvalue weighted by atomic mass is 16.6. The zero-order valence-electron chi connectivity index (χ0n) is 17.4. The Morgan fingerprint density at radius 3 is 2.79 bits per heavy atom. The van der Waals surface area contributed by atoms with E-state index in [0.29, 0.717) is 0 Å². The number of anilines is 1. The van der Waals surface area contributed by atoms with Gasteiger partial charge in [-0.2, -0.15) is 15.1 Å². The van der Waals surface area contributed by atoms with E-state index in [1.54, 1.807) is 6.92 Å². The van der Waals surface area contributed by atoms with Crippen molar-refractivity contribution in [3.05, 3.63) is 24.3 Å². The van der Waals surface area contributed by atoms with Crippen LogP contribution in [0.4, 0.5) is 5.82 Å². The van der Waals surface area contributed by atoms with E-state index in [1.165, 1.54) is 28.0 Å². The number of esters is 1. The minimum Gasteiger partial charge on any atom is -0.465 e. The maximum atomic E-state index is 12.2. The number of ether oxygens (including phenoxy) is 2. The Morgan fingerprint density at radius 2 is 2.09 bits per heavy atom. The summed E-state index contributed by atoms with van der Waals surface area (Å²) in [7, 11) is 0. The van der Waals surface area contributed by atoms with Crippen LogP contribution in [0.15, 0.2) is 18.7 Å². The number of hydrogen-bond donors (Lipinski definition) is 5. The lowest BCUT2D eigenvalue weighted by molar-refractivity contribution is -0.141. The molecule has 3 aromatic rings. The molecule has 1 fully saturated rings. The van der Waals surface area contributed by atoms with Gasteiger partial charge >= 0.3 is 5.97 Å². The maximum absolute atomic E-state index is 12.2. The molecule has 176 valence electrons. The van der Waals surface area contributed by atoms with E-state index in [9.17, 15) is 24.9 Å². The van der Waals surface area contributed by atoms with E-state index in [4.69, 9.17) is 15.2 Å². The Bertz CT molecular complexity index is 1180. The van der Waals surface area contributed by atoms with Crippen molar-refractivity contribution in [3.8, 4) is 5.95 Å². The van der Waals surface area contributed by atoms with E-state index >= 15 is 0 Å². The van der Waals surface area contributed by atoms with Crippen molar-refractivity contribution in [1.82, 2.24) is 34.6 Å². The summed E-state index contributed by atoms with van der Waals surface area (Å²) in [5.74, 6) is -1.12. The van der Waals surface area contributed by atoms with Crippen molar-refractivity contribution in [1.29, 1.82) is 0 Å². The molecule has 3 aromatic heterocycles. The van der Waals surface area contributed by atoms with Crippen LogP contribution < -0.4 is 11.1 Å². The van der Waals surface area contributed by atoms with E-state index < -0.39 is 43.0 Å². The minimum absolute atomic E-state index is 0.00191. The summed E-state index contributed by atoms with van der Waals surface area (Å²) in [6.07, 6.45) is -0.801. The molecule has 4 heterocycles. The standard InChI is InChI=1S/C18H22N8O7/c1-2-32-10(28)4-20-16(31)8-3-22-26(5-8)18-23-14(19)11-15(24-18)25(7-21-11)17-13(30)12(29)9(6-27)33-17/h3,5,7,9,12-13,17,27,29-30H,2,4,6H2,1H3,(H,20,31)(H2,19,23,24)/t9?,12-,13?,17-/m1/s1. The number of rotatable bonds is 7. The average molecular weight is 462 g/mol. The molecular formula is C18H22N8O7. The first kappa shape index (κ1) is 22.5. The molecule has 1 aliphatic rings. The number of fused-ring (bicyclic) bond motifs is 1. The van der Waals surface area contributed by atoms with Gasteiger partial charge in [0.05, 0.1) is 31.3 Å². The van der Waals surface area contributed by atoms with Gasteiger partial charge in [-0.1, -0.05) is 0 Å². The van der Waals surface area contributed by atoms with Crippen LogP contribution in [0, 0.1) is 0 Å². The summed E-state index contributed by atoms with van der Waals surface area (Å²) < 4.78 is 12.8. The third kappa shape index (κ3) is 4.21. The topological polar surface area (TPSA) is 213 Å². The Kier molecular flexibility index (Phi) is 6.19. The van der Waals surface area contributed by atoms with Crippen molar-refractivity contribution >= 4 is 28.9 Å². The number of carbonyl (C=O) groups is 2. The molecule has 4 atom stereocenters. The van der Waals surface area contributed by atoms with Crippen LogP contribution in [-0.2, 0) is 14.3 Å². The second-order valence-electron chi connectivity index (χ2n) is 7.12. The van der Waals surface area contributed by atoms with Gasteiger partial charge in [-0.25, -0.2) is 9.67 Å². The molecule has 15 heteroatoms. The van der Waals surface area contributed by atoms with Crippen LogP contribution in [-0.4, -0.2) is 94.6 Å². The van der Waals surface area contributed by atoms with Gasteiger partial charge in [0.2, 0.25) is 0 Å². The molecule has 1 aliphatic heterocycles. The number of aliphatic hydroxyl groups is 3. The maximum Gasteiger partial charge on any atom is 0.325 e. The van der Waals surface area contributed by atoms with Crippen LogP contribution in [0.3, 0.4) is 0 Å². The fourth-order valence-corrected chi connectivity index (χ4v) is 3.34. The number of aliphatic hydroxyl groups excluding tert-OH is 3. The van der Waals surface area contributed by atoms with Crippen LogP contribution in [0.2, 0.25) is 0 Å². The first-order chi connectivity index (χ1) is 15.8. The fourth-order valence-electron chi connectivity index (χ4n) is 3.34. The number of carbonyl (C=O) groups excluding carboxylic acids is 2. The summed E-state index contributed by atoms with van der Waals surface area (Å²) in [5, 5.41) is 36.2. The molecule has 15 nitrogen and oxygen atoms in total. The van der Waals surface area contributed by atoms with Crippen molar-refractivity contribution < 1.29 is 34.4 Å². The molecule has 6 N–H and O–H groups in total. The number of amides is 1. The van der Waals surface area contributed by atoms with E-state index in [2.05, 4.69) is 25.4 Å². The lowest BCUT2D eigenvalue weighted by Crippen LogP contribution is -2.33. The molecule has 4 rings (SSSR count). The fraction of sp³-hybridized carbons (Fsp3) is 0.444. The van der Waals surface area contributed by atoms with Gasteiger partial charge in [-0.05, 0) is 6.92 Å². The Hall–Kier alpha value is -3.66. The van der Waals surface area contributed by atoms with Crippen molar-refractivity contribution in [2.75, 3.05) is 25.5 Å². The van der Waals surface area contributed by atoms with E-state index in [1.807, 2.05) is 0 Å². The van der Waals surface area contributed by atoms with Crippen molar-refractivity contribution in [2.24, 2.45) is 0 Å². The number of nitrogen functional groups attached to an aromatic ring is 1. The van der Waals surface area contributed by atoms with E-state index in [-0.39, 0.29) is 41.6 Å². The number of nitrogens with one attached hydrogen (secondary N) is 1. The molecular weight excluding hydrogens is 440 g/mol. The number of aromatic nitrogens is 6. The highest BCUT2D eigenvalue weighted by Crippen LogP contribution is 2.32. The molecule has 0 aliphatic carbocycles. The SMILES string of the molecule is CCOC(=O)CNC(=O)c1cnn(-c2nc(N)c3ncn([C@@H]4OC(CO)[C@@H](O)C4O)c3n2)c1. The summed E-state index contributed by atoms with van der Waals surface area (Å²) in [5.41, 5.74) is 6.54. The first-order valence-corrected chi connectivity index (χ1v) is 9.95. The number of hydrogen-bond acceptors (Lipinski definition) is 12. The predicted molar refractivity (Wildman–Crippen MR) is 109 cm³/mol. The van der Waals surface area contributed by atoms with Gasteiger partial charge in [0.15, 0.2) is 17.7 Å². The second kappa shape index (κ2) is 9.07. The van der Waals surface area contributed by atoms with Gasteiger partial charge in [-0.15, -0.1) is 0 Å². The van der Waals surface area contributed by atoms with Gasteiger partial charge in [-0.3, -0.25) is 14.2 Å². The summed E-state index contributed by atoms with van der Waals surface area (Å²) in [6, 6.07) is 0. The quantitative estimate of drug-likeness (QED) is 0.230. The molecule has 1 saturated heterocycles. The Labute approximate surface area is 185 Å². The molecule has 2 unspecified atom stereocenters. The molecule has 1 amide bonds. The summed E-state index contributed by atoms with van der Waals surface area (Å²) in [4.78, 5) is 36.3. The second-order valence-corrected chi connectivity index (χ2v) is 7.12. The molecule has 0 radical (unpaired) electrons. The molecule has 0 saturated carbocycles. The highest BCUT2D eigenvalue weighted by molar-refractivity contribution is 5.95. The third-order valence-electron chi connectivity index (χ3n) is 4.98. The molecule has 0 aromatic carbocycles. The van der Waals surface area contributed by atoms with Gasteiger partial charge < -0.3 is 35.8 Å². The number of nitrogens with zero attached hydrogens (tertiary/aromatic N) is 6. The Morgan fingerprint density at radius 1 is 1.30 bits per heavy atom. The largest absolute Gasteiger partial charge is 0.465 e. The van der Waals surface area contributed by atoms with Crippen LogP contribution >= 0.6 is 0 Å². The number of imidazole rings is 1. The number of nitrogens with two attached hydrogens (primary N) is 1. The smallest absolute Gasteiger partial charge is 0.325 e. The first-order valence-electron chi connectivity index (χ1n) is 9.95. The van der Waals surface area contributed by atoms with Gasteiger partial charge in [0.1, 0.15) is 30.4 Å². The zero-order valence-corrected chi connectivity index (χ0v) is 17.4. The molecule has 0 spiro atoms. The normalized spacial score (nSPS) is 22.5. The summed E-state index contributed by atoms with van der Waals surface area (Å²) in [6.45, 7) is 1.08. The van der Waals surface area contributed by atoms with Crippen LogP contribution in [0.5, 0.6) is 0 Å². The van der Waals surface area contributed by atoms with Crippen molar-refractivity contribution in [2.45, 2.75) is 31.5 Å². The monoisotopic (exact) mass is 462 g/mol. The highest BCUT2D eigenvalue weighted by Gasteiger charge is 2.44. The van der Waals surface area contributed by atoms with E-state index in [0.717, 1.165) is 0 Å². The van der Waals surface area contributed by atoms with Crippen molar-refractivity contribution in [3.63, 3.8) is 0 Å². The molecule has 0 bridgehead atoms. The van der Waals surface area contributed by atoms with Gasteiger partial charge in [0, 0.05) is 6.20 Å². The average Bonchev–Trinajstić information content (AvgIpc) is 3.51. The minimum atomic E-state index is -1.35. The lowest BCUT2D eigenvalue weighted by atomic mass is 10.1. The molecule has 33 heavy (non-hydrogen) atoms. The lowest BCUT2D eigenvalue weighted by Gasteiger charge is -2.16. The van der Waals surface area contributed by atoms with Crippen LogP contribution in [0.25, 0.3) is 17.1 Å². The Balaban J connectivity index is 1.60. The zero-order chi connectivity index (χ0) is 23.7. The summed E-state index contributed by atoms with van der Waals surface area (Å²) >= 11 is 0. The third-order valence-corrected chi connectivity index (χ3v) is 4.98. The van der Waals surface area contributed by atoms with Gasteiger partial charge in [0.25, 0.3) is 11.9 Å². The predicted octanol–water partition coefficient (Wildman–Crippen LogP) is -2.50.